The lowest BCUT2D eigenvalue weighted by Crippen LogP contribution is -2.51. The SMILES string of the molecule is CCC1CN(C2=NC(=O)C(=C(Cc3ccc(Cl)cc3C(F)(F)F)c3ccc4[nH]ncc4c3)S2)CCN1. The number of fused-ring (bicyclic) bond motifs is 1. The minimum Gasteiger partial charge on any atom is -0.348 e. The summed E-state index contributed by atoms with van der Waals surface area (Å²) in [4.78, 5) is 19.9. The van der Waals surface area contributed by atoms with E-state index in [2.05, 4.69) is 32.3 Å². The lowest BCUT2D eigenvalue weighted by atomic mass is 9.93. The standard InChI is InChI=1S/C25H23ClF3N5OS/c1-2-18-13-34(8-7-30-18)24-32-23(35)22(36-24)19(14-4-6-21-16(9-14)12-31-33-21)10-15-3-5-17(26)11-20(15)25(27,28)29/h3-6,9,11-12,18,30H,2,7-8,10,13H2,1H3,(H,31,33). The molecule has 0 spiro atoms. The number of halogens is 4. The number of aromatic nitrogens is 2. The topological polar surface area (TPSA) is 73.4 Å². The van der Waals surface area contributed by atoms with Crippen LogP contribution in [0.25, 0.3) is 16.5 Å². The zero-order chi connectivity index (χ0) is 25.4. The van der Waals surface area contributed by atoms with Gasteiger partial charge in [0.1, 0.15) is 0 Å². The summed E-state index contributed by atoms with van der Waals surface area (Å²) in [5.74, 6) is -0.439. The number of carbonyl (C=O) groups excluding carboxylic acids is 1. The molecule has 1 aromatic heterocycles. The van der Waals surface area contributed by atoms with Crippen LogP contribution in [0.1, 0.15) is 30.0 Å². The number of alkyl halides is 3. The fourth-order valence-electron chi connectivity index (χ4n) is 4.50. The first-order valence-electron chi connectivity index (χ1n) is 11.5. The molecule has 6 nitrogen and oxygen atoms in total. The summed E-state index contributed by atoms with van der Waals surface area (Å²) >= 11 is 7.13. The average Bonchev–Trinajstić information content (AvgIpc) is 3.48. The van der Waals surface area contributed by atoms with Gasteiger partial charge in [-0.1, -0.05) is 30.7 Å². The number of carbonyl (C=O) groups is 1. The van der Waals surface area contributed by atoms with E-state index in [0.717, 1.165) is 29.9 Å². The number of aromatic amines is 1. The van der Waals surface area contributed by atoms with Gasteiger partial charge in [0, 0.05) is 36.1 Å². The highest BCUT2D eigenvalue weighted by Gasteiger charge is 2.36. The summed E-state index contributed by atoms with van der Waals surface area (Å²) in [6.45, 7) is 4.29. The highest BCUT2D eigenvalue weighted by atomic mass is 35.5. The third-order valence-electron chi connectivity index (χ3n) is 6.41. The second-order valence-corrected chi connectivity index (χ2v) is 10.2. The average molecular weight is 534 g/mol. The zero-order valence-electron chi connectivity index (χ0n) is 19.3. The van der Waals surface area contributed by atoms with Crippen molar-refractivity contribution in [1.82, 2.24) is 20.4 Å². The molecule has 36 heavy (non-hydrogen) atoms. The van der Waals surface area contributed by atoms with Crippen LogP contribution in [-0.4, -0.2) is 51.8 Å². The maximum atomic E-state index is 13.9. The molecule has 0 aliphatic carbocycles. The maximum Gasteiger partial charge on any atom is 0.416 e. The molecule has 2 N–H and O–H groups in total. The Kier molecular flexibility index (Phi) is 6.84. The molecular weight excluding hydrogens is 511 g/mol. The molecule has 1 amide bonds. The van der Waals surface area contributed by atoms with Crippen molar-refractivity contribution in [3.63, 3.8) is 0 Å². The molecule has 2 aliphatic heterocycles. The minimum absolute atomic E-state index is 0.00113. The van der Waals surface area contributed by atoms with E-state index in [0.29, 0.717) is 34.3 Å². The summed E-state index contributed by atoms with van der Waals surface area (Å²) in [5.41, 5.74) is 1.14. The van der Waals surface area contributed by atoms with Crippen molar-refractivity contribution < 1.29 is 18.0 Å². The molecule has 1 saturated heterocycles. The third kappa shape index (κ3) is 5.02. The number of H-pyrrole nitrogens is 1. The summed E-state index contributed by atoms with van der Waals surface area (Å²) in [6.07, 6.45) is -2.11. The first-order valence-corrected chi connectivity index (χ1v) is 12.7. The Bertz CT molecular complexity index is 1380. The van der Waals surface area contributed by atoms with E-state index < -0.39 is 17.6 Å². The van der Waals surface area contributed by atoms with Crippen molar-refractivity contribution in [2.24, 2.45) is 4.99 Å². The van der Waals surface area contributed by atoms with E-state index in [-0.39, 0.29) is 23.0 Å². The van der Waals surface area contributed by atoms with Crippen molar-refractivity contribution in [1.29, 1.82) is 0 Å². The van der Waals surface area contributed by atoms with Gasteiger partial charge in [-0.2, -0.15) is 23.3 Å². The minimum atomic E-state index is -4.59. The van der Waals surface area contributed by atoms with Gasteiger partial charge < -0.3 is 10.2 Å². The second-order valence-electron chi connectivity index (χ2n) is 8.76. The molecule has 188 valence electrons. The van der Waals surface area contributed by atoms with Crippen LogP contribution in [0, 0.1) is 0 Å². The second kappa shape index (κ2) is 9.91. The molecule has 11 heteroatoms. The molecule has 2 aliphatic rings. The number of hydrogen-bond donors (Lipinski definition) is 2. The maximum absolute atomic E-state index is 13.9. The number of piperazine rings is 1. The summed E-state index contributed by atoms with van der Waals surface area (Å²) in [5, 5.41) is 11.7. The summed E-state index contributed by atoms with van der Waals surface area (Å²) in [6, 6.07) is 9.44. The van der Waals surface area contributed by atoms with Gasteiger partial charge in [-0.3, -0.25) is 9.89 Å². The largest absolute Gasteiger partial charge is 0.416 e. The molecule has 1 unspecified atom stereocenters. The number of hydrogen-bond acceptors (Lipinski definition) is 5. The summed E-state index contributed by atoms with van der Waals surface area (Å²) < 4.78 is 41.6. The van der Waals surface area contributed by atoms with Gasteiger partial charge in [0.15, 0.2) is 5.17 Å². The van der Waals surface area contributed by atoms with Gasteiger partial charge in [-0.25, -0.2) is 0 Å². The van der Waals surface area contributed by atoms with E-state index in [9.17, 15) is 18.0 Å². The van der Waals surface area contributed by atoms with E-state index in [1.54, 1.807) is 18.3 Å². The quantitative estimate of drug-likeness (QED) is 0.433. The predicted octanol–water partition coefficient (Wildman–Crippen LogP) is 5.50. The van der Waals surface area contributed by atoms with Crippen LogP contribution in [0.4, 0.5) is 13.2 Å². The fraction of sp³-hybridized carbons (Fsp3) is 0.320. The van der Waals surface area contributed by atoms with E-state index in [1.807, 2.05) is 6.07 Å². The Morgan fingerprint density at radius 2 is 2.08 bits per heavy atom. The Morgan fingerprint density at radius 1 is 1.25 bits per heavy atom. The first kappa shape index (κ1) is 24.9. The summed E-state index contributed by atoms with van der Waals surface area (Å²) in [7, 11) is 0. The van der Waals surface area contributed by atoms with E-state index in [4.69, 9.17) is 11.6 Å². The fourth-order valence-corrected chi connectivity index (χ4v) is 5.72. The van der Waals surface area contributed by atoms with E-state index in [1.165, 1.54) is 23.9 Å². The van der Waals surface area contributed by atoms with Gasteiger partial charge in [0.2, 0.25) is 0 Å². The molecule has 2 aromatic carbocycles. The molecular formula is C25H23ClF3N5OS. The number of amides is 1. The normalized spacial score (nSPS) is 20.2. The number of amidine groups is 1. The smallest absolute Gasteiger partial charge is 0.348 e. The number of benzene rings is 2. The van der Waals surface area contributed by atoms with Crippen molar-refractivity contribution in [3.05, 3.63) is 69.2 Å². The number of thioether (sulfide) groups is 1. The zero-order valence-corrected chi connectivity index (χ0v) is 20.9. The number of allylic oxidation sites excluding steroid dienone is 1. The van der Waals surface area contributed by atoms with Crippen LogP contribution in [0.15, 0.2) is 52.5 Å². The highest BCUT2D eigenvalue weighted by molar-refractivity contribution is 8.18. The number of aliphatic imine (C=N–C) groups is 1. The molecule has 5 rings (SSSR count). The molecule has 0 saturated carbocycles. The van der Waals surface area contributed by atoms with Crippen LogP contribution in [0.2, 0.25) is 5.02 Å². The van der Waals surface area contributed by atoms with Gasteiger partial charge in [0.25, 0.3) is 5.91 Å². The lowest BCUT2D eigenvalue weighted by Gasteiger charge is -2.34. The van der Waals surface area contributed by atoms with Gasteiger partial charge in [-0.15, -0.1) is 0 Å². The number of nitrogens with one attached hydrogen (secondary N) is 2. The molecule has 1 fully saturated rings. The number of rotatable bonds is 4. The first-order chi connectivity index (χ1) is 17.2. The van der Waals surface area contributed by atoms with Gasteiger partial charge in [-0.05, 0) is 65.6 Å². The Balaban J connectivity index is 1.57. The van der Waals surface area contributed by atoms with Crippen molar-refractivity contribution >= 4 is 50.9 Å². The Labute approximate surface area is 215 Å². The van der Waals surface area contributed by atoms with E-state index >= 15 is 0 Å². The van der Waals surface area contributed by atoms with Crippen LogP contribution in [-0.2, 0) is 17.4 Å². The highest BCUT2D eigenvalue weighted by Crippen LogP contribution is 2.40. The molecule has 3 aromatic rings. The van der Waals surface area contributed by atoms with Crippen LogP contribution in [0.3, 0.4) is 0 Å². The predicted molar refractivity (Wildman–Crippen MR) is 137 cm³/mol. The molecule has 0 bridgehead atoms. The van der Waals surface area contributed by atoms with Crippen LogP contribution in [0.5, 0.6) is 0 Å². The molecule has 0 radical (unpaired) electrons. The van der Waals surface area contributed by atoms with Crippen molar-refractivity contribution in [2.45, 2.75) is 32.0 Å². The lowest BCUT2D eigenvalue weighted by molar-refractivity contribution is -0.138. The Morgan fingerprint density at radius 3 is 2.86 bits per heavy atom. The van der Waals surface area contributed by atoms with Crippen molar-refractivity contribution in [3.8, 4) is 0 Å². The molecule has 1 atom stereocenters. The van der Waals surface area contributed by atoms with Crippen molar-refractivity contribution in [2.75, 3.05) is 19.6 Å². The van der Waals surface area contributed by atoms with Crippen LogP contribution < -0.4 is 5.32 Å². The Hall–Kier alpha value is -2.82. The number of nitrogens with zero attached hydrogens (tertiary/aromatic N) is 3. The van der Waals surface area contributed by atoms with Gasteiger partial charge in [0.05, 0.1) is 22.2 Å². The molecule has 3 heterocycles. The van der Waals surface area contributed by atoms with Gasteiger partial charge >= 0.3 is 6.18 Å². The third-order valence-corrected chi connectivity index (χ3v) is 7.80. The monoisotopic (exact) mass is 533 g/mol. The van der Waals surface area contributed by atoms with Crippen LogP contribution >= 0.6 is 23.4 Å².